The number of ether oxygens (including phenoxy) is 2. The molecule has 2 aliphatic heterocycles. The normalized spacial score (nSPS) is 22.3. The number of carboxylic acid groups (broad SMARTS) is 1. The van der Waals surface area contributed by atoms with Crippen LogP contribution in [0.5, 0.6) is 11.5 Å². The van der Waals surface area contributed by atoms with Gasteiger partial charge >= 0.3 is 5.97 Å². The Morgan fingerprint density at radius 1 is 1.19 bits per heavy atom. The summed E-state index contributed by atoms with van der Waals surface area (Å²) in [6, 6.07) is 4.39. The Kier molecular flexibility index (Phi) is 5.08. The Hall–Kier alpha value is -2.29. The first-order valence-corrected chi connectivity index (χ1v) is 10.1. The van der Waals surface area contributed by atoms with Gasteiger partial charge in [0.25, 0.3) is 0 Å². The quantitative estimate of drug-likeness (QED) is 0.801. The van der Waals surface area contributed by atoms with Crippen molar-refractivity contribution in [2.75, 3.05) is 32.1 Å². The van der Waals surface area contributed by atoms with E-state index in [1.165, 1.54) is 17.0 Å². The minimum Gasteiger partial charge on any atom is -0.486 e. The molecule has 8 nitrogen and oxygen atoms in total. The van der Waals surface area contributed by atoms with E-state index in [4.69, 9.17) is 14.6 Å². The van der Waals surface area contributed by atoms with Crippen LogP contribution in [0.4, 0.5) is 0 Å². The number of nitrogens with zero attached hydrogens (tertiary/aromatic N) is 1. The number of carbonyl (C=O) groups is 2. The molecule has 1 saturated heterocycles. The monoisotopic (exact) mass is 383 g/mol. The van der Waals surface area contributed by atoms with E-state index in [9.17, 15) is 18.0 Å². The number of fused-ring (bicyclic) bond motifs is 1. The van der Waals surface area contributed by atoms with Gasteiger partial charge in [-0.2, -0.15) is 0 Å². The molecule has 0 spiro atoms. The molecule has 26 heavy (non-hydrogen) atoms. The summed E-state index contributed by atoms with van der Waals surface area (Å²) in [7, 11) is -3.66. The molecule has 1 fully saturated rings. The lowest BCUT2D eigenvalue weighted by molar-refractivity contribution is -0.142. The van der Waals surface area contributed by atoms with Gasteiger partial charge in [0.1, 0.15) is 13.2 Å². The number of aliphatic carboxylic acids is 1. The fourth-order valence-electron chi connectivity index (χ4n) is 3.21. The number of rotatable bonds is 5. The number of hydrogen-bond acceptors (Lipinski definition) is 6. The molecule has 2 heterocycles. The van der Waals surface area contributed by atoms with E-state index >= 15 is 0 Å². The Labute approximate surface area is 151 Å². The zero-order valence-electron chi connectivity index (χ0n) is 14.4. The van der Waals surface area contributed by atoms with Crippen LogP contribution in [-0.4, -0.2) is 62.4 Å². The highest BCUT2D eigenvalue weighted by Crippen LogP contribution is 2.32. The van der Waals surface area contributed by atoms with E-state index < -0.39 is 21.7 Å². The van der Waals surface area contributed by atoms with Gasteiger partial charge < -0.3 is 19.5 Å². The average Bonchev–Trinajstić information content (AvgIpc) is 3.01. The van der Waals surface area contributed by atoms with Crippen LogP contribution in [0.3, 0.4) is 0 Å². The summed E-state index contributed by atoms with van der Waals surface area (Å²) in [5, 5.41) is 9.13. The fourth-order valence-corrected chi connectivity index (χ4v) is 4.45. The second kappa shape index (κ2) is 7.14. The maximum Gasteiger partial charge on any atom is 0.308 e. The first-order valence-electron chi connectivity index (χ1n) is 8.41. The van der Waals surface area contributed by atoms with Gasteiger partial charge in [0.15, 0.2) is 21.3 Å². The Morgan fingerprint density at radius 3 is 2.54 bits per heavy atom. The molecule has 0 radical (unpaired) electrons. The van der Waals surface area contributed by atoms with Crippen molar-refractivity contribution in [1.82, 2.24) is 4.90 Å². The maximum absolute atomic E-state index is 12.5. The van der Waals surface area contributed by atoms with Crippen LogP contribution < -0.4 is 9.47 Å². The first-order chi connectivity index (χ1) is 12.3. The minimum absolute atomic E-state index is 0.0766. The fraction of sp³-hybridized carbons (Fsp3) is 0.529. The Bertz CT molecular complexity index is 820. The summed E-state index contributed by atoms with van der Waals surface area (Å²) in [4.78, 5) is 24.9. The number of sulfone groups is 1. The van der Waals surface area contributed by atoms with Crippen molar-refractivity contribution in [3.8, 4) is 11.5 Å². The molecule has 0 aromatic heterocycles. The summed E-state index contributed by atoms with van der Waals surface area (Å²) < 4.78 is 35.8. The minimum atomic E-state index is -3.66. The van der Waals surface area contributed by atoms with Gasteiger partial charge in [-0.1, -0.05) is 6.92 Å². The molecule has 0 saturated carbocycles. The third-order valence-electron chi connectivity index (χ3n) is 4.74. The van der Waals surface area contributed by atoms with E-state index in [1.807, 2.05) is 0 Å². The van der Waals surface area contributed by atoms with Gasteiger partial charge in [0.05, 0.1) is 16.6 Å². The van der Waals surface area contributed by atoms with Crippen LogP contribution in [0.15, 0.2) is 23.1 Å². The Balaban J connectivity index is 1.63. The zero-order chi connectivity index (χ0) is 18.9. The van der Waals surface area contributed by atoms with E-state index in [0.717, 1.165) is 0 Å². The molecular weight excluding hydrogens is 362 g/mol. The SMILES string of the molecule is C[C@@H]1CN(C(=O)CCS(=O)(=O)c2ccc3c(c2)OCCO3)C[C@H]1C(=O)O. The van der Waals surface area contributed by atoms with Crippen molar-refractivity contribution in [2.24, 2.45) is 11.8 Å². The second-order valence-corrected chi connectivity index (χ2v) is 8.70. The highest BCUT2D eigenvalue weighted by atomic mass is 32.2. The lowest BCUT2D eigenvalue weighted by Gasteiger charge is -2.19. The average molecular weight is 383 g/mol. The summed E-state index contributed by atoms with van der Waals surface area (Å²) >= 11 is 0. The standard InChI is InChI=1S/C17H21NO7S/c1-11-9-18(10-13(11)17(20)21)16(19)4-7-26(22,23)12-2-3-14-15(8-12)25-6-5-24-14/h2-3,8,11,13H,4-7,9-10H2,1H3,(H,20,21)/t11-,13-/m1/s1. The third kappa shape index (κ3) is 3.77. The van der Waals surface area contributed by atoms with E-state index in [0.29, 0.717) is 31.3 Å². The molecule has 3 rings (SSSR count). The van der Waals surface area contributed by atoms with Crippen molar-refractivity contribution < 1.29 is 32.6 Å². The number of benzene rings is 1. The zero-order valence-corrected chi connectivity index (χ0v) is 15.2. The van der Waals surface area contributed by atoms with Crippen LogP contribution in [0, 0.1) is 11.8 Å². The van der Waals surface area contributed by atoms with Gasteiger partial charge in [-0.25, -0.2) is 8.42 Å². The topological polar surface area (TPSA) is 110 Å². The smallest absolute Gasteiger partial charge is 0.308 e. The predicted octanol–water partition coefficient (Wildman–Crippen LogP) is 0.801. The number of carboxylic acids is 1. The number of likely N-dealkylation sites (tertiary alicyclic amines) is 1. The van der Waals surface area contributed by atoms with Crippen LogP contribution in [0.2, 0.25) is 0 Å². The molecule has 2 atom stereocenters. The lowest BCUT2D eigenvalue weighted by Crippen LogP contribution is -2.31. The lowest BCUT2D eigenvalue weighted by atomic mass is 9.99. The van der Waals surface area contributed by atoms with Crippen molar-refractivity contribution in [1.29, 1.82) is 0 Å². The highest BCUT2D eigenvalue weighted by molar-refractivity contribution is 7.91. The van der Waals surface area contributed by atoms with Crippen molar-refractivity contribution in [3.63, 3.8) is 0 Å². The molecule has 2 aliphatic rings. The number of amides is 1. The van der Waals surface area contributed by atoms with Crippen LogP contribution in [0.1, 0.15) is 13.3 Å². The predicted molar refractivity (Wildman–Crippen MR) is 91.0 cm³/mol. The summed E-state index contributed by atoms with van der Waals surface area (Å²) in [6.07, 6.45) is -0.185. The molecule has 1 N–H and O–H groups in total. The molecule has 142 valence electrons. The van der Waals surface area contributed by atoms with Gasteiger partial charge in [-0.05, 0) is 18.1 Å². The molecule has 1 amide bonds. The molecule has 0 bridgehead atoms. The van der Waals surface area contributed by atoms with Crippen LogP contribution >= 0.6 is 0 Å². The largest absolute Gasteiger partial charge is 0.486 e. The van der Waals surface area contributed by atoms with Gasteiger partial charge in [-0.15, -0.1) is 0 Å². The highest BCUT2D eigenvalue weighted by Gasteiger charge is 2.37. The maximum atomic E-state index is 12.5. The van der Waals surface area contributed by atoms with Gasteiger partial charge in [0, 0.05) is 25.6 Å². The summed E-state index contributed by atoms with van der Waals surface area (Å²) in [6.45, 7) is 3.00. The second-order valence-electron chi connectivity index (χ2n) is 6.60. The third-order valence-corrected chi connectivity index (χ3v) is 6.45. The van der Waals surface area contributed by atoms with E-state index in [-0.39, 0.29) is 35.4 Å². The van der Waals surface area contributed by atoms with Gasteiger partial charge in [-0.3, -0.25) is 9.59 Å². The molecule has 1 aromatic rings. The van der Waals surface area contributed by atoms with Crippen LogP contribution in [0.25, 0.3) is 0 Å². The summed E-state index contributed by atoms with van der Waals surface area (Å²) in [5.41, 5.74) is 0. The molecule has 0 unspecified atom stereocenters. The van der Waals surface area contributed by atoms with E-state index in [2.05, 4.69) is 0 Å². The Morgan fingerprint density at radius 2 is 1.88 bits per heavy atom. The summed E-state index contributed by atoms with van der Waals surface area (Å²) in [5.74, 6) is -1.50. The van der Waals surface area contributed by atoms with Crippen molar-refractivity contribution in [2.45, 2.75) is 18.2 Å². The van der Waals surface area contributed by atoms with Crippen LogP contribution in [-0.2, 0) is 19.4 Å². The molecular formula is C17H21NO7S. The number of carbonyl (C=O) groups excluding carboxylic acids is 1. The molecule has 1 aromatic carbocycles. The van der Waals surface area contributed by atoms with Crippen molar-refractivity contribution >= 4 is 21.7 Å². The van der Waals surface area contributed by atoms with E-state index in [1.54, 1.807) is 13.0 Å². The van der Waals surface area contributed by atoms with Gasteiger partial charge in [0.2, 0.25) is 5.91 Å². The molecule has 9 heteroatoms. The first kappa shape index (κ1) is 18.5. The molecule has 0 aliphatic carbocycles. The van der Waals surface area contributed by atoms with Crippen molar-refractivity contribution in [3.05, 3.63) is 18.2 Å². The number of hydrogen-bond donors (Lipinski definition) is 1.